The Morgan fingerprint density at radius 3 is 2.00 bits per heavy atom. The first-order valence-electron chi connectivity index (χ1n) is 5.26. The summed E-state index contributed by atoms with van der Waals surface area (Å²) in [7, 11) is 0. The molecule has 0 aliphatic carbocycles. The molecule has 0 spiro atoms. The second kappa shape index (κ2) is 11.5. The molecule has 0 radical (unpaired) electrons. The molecule has 1 nitrogen and oxygen atoms in total. The molecule has 3 heteroatoms. The molecule has 0 saturated carbocycles. The Morgan fingerprint density at radius 1 is 1.21 bits per heavy atom. The number of nitriles is 1. The molecule has 0 rings (SSSR count). The van der Waals surface area contributed by atoms with Gasteiger partial charge in [0.2, 0.25) is 0 Å². The van der Waals surface area contributed by atoms with Crippen LogP contribution in [0.1, 0.15) is 52.9 Å². The Bertz CT molecular complexity index is 154. The normalized spacial score (nSPS) is 13.4. The number of hydrogen-bond donors (Lipinski definition) is 0. The van der Waals surface area contributed by atoms with E-state index in [0.717, 1.165) is 12.8 Å². The van der Waals surface area contributed by atoms with Crippen molar-refractivity contribution in [1.82, 2.24) is 0 Å². The molecular formula is C11H21Br2N. The van der Waals surface area contributed by atoms with Crippen LogP contribution >= 0.6 is 31.9 Å². The predicted molar refractivity (Wildman–Crippen MR) is 71.2 cm³/mol. The third-order valence-electron chi connectivity index (χ3n) is 1.59. The van der Waals surface area contributed by atoms with Crippen LogP contribution in [-0.4, -0.2) is 9.65 Å². The largest absolute Gasteiger partial charge is 0.197 e. The molecule has 0 aromatic rings. The molecule has 0 heterocycles. The summed E-state index contributed by atoms with van der Waals surface area (Å²) >= 11 is 6.72. The lowest BCUT2D eigenvalue weighted by atomic mass is 10.1. The van der Waals surface area contributed by atoms with Crippen LogP contribution in [0.4, 0.5) is 0 Å². The highest BCUT2D eigenvalue weighted by atomic mass is 79.9. The Morgan fingerprint density at radius 2 is 1.71 bits per heavy atom. The van der Waals surface area contributed by atoms with E-state index in [9.17, 15) is 0 Å². The van der Waals surface area contributed by atoms with Gasteiger partial charge in [0, 0.05) is 5.33 Å². The zero-order valence-electron chi connectivity index (χ0n) is 9.45. The maximum absolute atomic E-state index is 8.76. The van der Waals surface area contributed by atoms with Gasteiger partial charge in [0.1, 0.15) is 4.32 Å². The van der Waals surface area contributed by atoms with Crippen molar-refractivity contribution in [3.8, 4) is 6.07 Å². The van der Waals surface area contributed by atoms with E-state index in [1.165, 1.54) is 19.3 Å². The summed E-state index contributed by atoms with van der Waals surface area (Å²) in [6, 6.07) is 2.26. The van der Waals surface area contributed by atoms with Crippen LogP contribution in [0.15, 0.2) is 0 Å². The highest BCUT2D eigenvalue weighted by molar-refractivity contribution is 9.12. The summed E-state index contributed by atoms with van der Waals surface area (Å²) in [5, 5.41) is 9.47. The van der Waals surface area contributed by atoms with Crippen molar-refractivity contribution in [3.63, 3.8) is 0 Å². The molecule has 0 aromatic heterocycles. The molecule has 0 saturated heterocycles. The van der Waals surface area contributed by atoms with E-state index >= 15 is 0 Å². The van der Waals surface area contributed by atoms with Crippen molar-refractivity contribution in [2.75, 3.05) is 5.33 Å². The molecule has 84 valence electrons. The topological polar surface area (TPSA) is 23.8 Å². The van der Waals surface area contributed by atoms with Gasteiger partial charge in [-0.05, 0) is 6.42 Å². The molecule has 0 fully saturated rings. The standard InChI is InChI=1S/C8H13Br2N.C3H8/c1-2-3-4-5-8(10,6-9)7-11;1-3-2/h2-6H2,1H3;3H2,1-2H3. The zero-order valence-corrected chi connectivity index (χ0v) is 12.6. The molecule has 1 atom stereocenters. The van der Waals surface area contributed by atoms with Crippen LogP contribution in [0, 0.1) is 11.3 Å². The van der Waals surface area contributed by atoms with Gasteiger partial charge in [-0.1, -0.05) is 78.3 Å². The summed E-state index contributed by atoms with van der Waals surface area (Å²) < 4.78 is -0.331. The lowest BCUT2D eigenvalue weighted by molar-refractivity contribution is 0.627. The quantitative estimate of drug-likeness (QED) is 0.513. The first-order valence-corrected chi connectivity index (χ1v) is 7.17. The average Bonchev–Trinajstić information content (AvgIpc) is 2.19. The van der Waals surface area contributed by atoms with Crippen LogP contribution in [0.3, 0.4) is 0 Å². The fraction of sp³-hybridized carbons (Fsp3) is 0.909. The van der Waals surface area contributed by atoms with E-state index in [2.05, 4.69) is 58.7 Å². The SMILES string of the molecule is CCC.CCCCCC(Br)(C#N)CBr. The second-order valence-electron chi connectivity index (χ2n) is 3.37. The highest BCUT2D eigenvalue weighted by Gasteiger charge is 2.23. The molecule has 0 amide bonds. The summed E-state index contributed by atoms with van der Waals surface area (Å²) in [5.41, 5.74) is 0. The van der Waals surface area contributed by atoms with Gasteiger partial charge in [-0.15, -0.1) is 0 Å². The minimum absolute atomic E-state index is 0.331. The number of hydrogen-bond acceptors (Lipinski definition) is 1. The summed E-state index contributed by atoms with van der Waals surface area (Å²) in [6.45, 7) is 6.41. The lowest BCUT2D eigenvalue weighted by Gasteiger charge is -2.14. The molecule has 0 bridgehead atoms. The Kier molecular flexibility index (Phi) is 13.9. The van der Waals surface area contributed by atoms with Gasteiger partial charge in [-0.25, -0.2) is 0 Å². The zero-order chi connectivity index (χ0) is 11.4. The first-order chi connectivity index (χ1) is 6.60. The van der Waals surface area contributed by atoms with E-state index in [-0.39, 0.29) is 4.32 Å². The molecular weight excluding hydrogens is 306 g/mol. The molecule has 0 N–H and O–H groups in total. The Hall–Kier alpha value is 0.450. The average molecular weight is 327 g/mol. The third-order valence-corrected chi connectivity index (χ3v) is 4.15. The number of rotatable bonds is 5. The molecule has 1 unspecified atom stereocenters. The van der Waals surface area contributed by atoms with Crippen LogP contribution in [0.5, 0.6) is 0 Å². The smallest absolute Gasteiger partial charge is 0.122 e. The van der Waals surface area contributed by atoms with Gasteiger partial charge >= 0.3 is 0 Å². The van der Waals surface area contributed by atoms with Gasteiger partial charge in [0.05, 0.1) is 6.07 Å². The van der Waals surface area contributed by atoms with Crippen LogP contribution in [-0.2, 0) is 0 Å². The van der Waals surface area contributed by atoms with Gasteiger partial charge in [0.15, 0.2) is 0 Å². The molecule has 0 aromatic carbocycles. The summed E-state index contributed by atoms with van der Waals surface area (Å²) in [5.74, 6) is 0. The lowest BCUT2D eigenvalue weighted by Crippen LogP contribution is -2.19. The van der Waals surface area contributed by atoms with E-state index in [1.54, 1.807) is 0 Å². The first kappa shape index (κ1) is 16.9. The van der Waals surface area contributed by atoms with Gasteiger partial charge in [-0.2, -0.15) is 5.26 Å². The van der Waals surface area contributed by atoms with Crippen LogP contribution < -0.4 is 0 Å². The van der Waals surface area contributed by atoms with Crippen LogP contribution in [0.2, 0.25) is 0 Å². The summed E-state index contributed by atoms with van der Waals surface area (Å²) in [6.07, 6.45) is 5.72. The summed E-state index contributed by atoms with van der Waals surface area (Å²) in [4.78, 5) is 0. The van der Waals surface area contributed by atoms with E-state index in [4.69, 9.17) is 5.26 Å². The second-order valence-corrected chi connectivity index (χ2v) is 5.45. The minimum Gasteiger partial charge on any atom is -0.197 e. The number of alkyl halides is 2. The van der Waals surface area contributed by atoms with Crippen molar-refractivity contribution in [2.45, 2.75) is 57.2 Å². The highest BCUT2D eigenvalue weighted by Crippen LogP contribution is 2.26. The van der Waals surface area contributed by atoms with Gasteiger partial charge in [-0.3, -0.25) is 0 Å². The van der Waals surface area contributed by atoms with Crippen LogP contribution in [0.25, 0.3) is 0 Å². The van der Waals surface area contributed by atoms with Gasteiger partial charge in [0.25, 0.3) is 0 Å². The van der Waals surface area contributed by atoms with Crippen molar-refractivity contribution in [2.24, 2.45) is 0 Å². The minimum atomic E-state index is -0.331. The van der Waals surface area contributed by atoms with Crippen molar-refractivity contribution in [3.05, 3.63) is 0 Å². The number of nitrogens with zero attached hydrogens (tertiary/aromatic N) is 1. The maximum Gasteiger partial charge on any atom is 0.122 e. The van der Waals surface area contributed by atoms with Crippen molar-refractivity contribution in [1.29, 1.82) is 5.26 Å². The van der Waals surface area contributed by atoms with E-state index in [1.807, 2.05) is 0 Å². The maximum atomic E-state index is 8.76. The molecule has 0 aliphatic rings. The predicted octanol–water partition coefficient (Wildman–Crippen LogP) is 5.04. The van der Waals surface area contributed by atoms with E-state index < -0.39 is 0 Å². The molecule has 0 aliphatic heterocycles. The Labute approximate surface area is 106 Å². The van der Waals surface area contributed by atoms with E-state index in [0.29, 0.717) is 5.33 Å². The molecule has 14 heavy (non-hydrogen) atoms. The number of unbranched alkanes of at least 4 members (excludes halogenated alkanes) is 2. The fourth-order valence-electron chi connectivity index (χ4n) is 0.808. The Balaban J connectivity index is 0. The monoisotopic (exact) mass is 325 g/mol. The third kappa shape index (κ3) is 10.5. The number of halogens is 2. The fourth-order valence-corrected chi connectivity index (χ4v) is 1.49. The van der Waals surface area contributed by atoms with Crippen molar-refractivity contribution >= 4 is 31.9 Å². The van der Waals surface area contributed by atoms with Crippen molar-refractivity contribution < 1.29 is 0 Å². The van der Waals surface area contributed by atoms with Gasteiger partial charge < -0.3 is 0 Å².